The van der Waals surface area contributed by atoms with Crippen LogP contribution in [0.5, 0.6) is 0 Å². The predicted molar refractivity (Wildman–Crippen MR) is 70.1 cm³/mol. The molecular formula is C13H19BrFN. The van der Waals surface area contributed by atoms with Crippen molar-refractivity contribution < 1.29 is 4.39 Å². The lowest BCUT2D eigenvalue weighted by Gasteiger charge is -2.07. The van der Waals surface area contributed by atoms with Crippen LogP contribution in [0.2, 0.25) is 0 Å². The smallest absolute Gasteiger partial charge is 0.126 e. The van der Waals surface area contributed by atoms with E-state index < -0.39 is 0 Å². The SMILES string of the molecule is CC(C)CNCCCc1cc(Br)ccc1F. The Kier molecular flexibility index (Phi) is 5.99. The highest BCUT2D eigenvalue weighted by Crippen LogP contribution is 2.16. The van der Waals surface area contributed by atoms with Crippen molar-refractivity contribution in [2.45, 2.75) is 26.7 Å². The van der Waals surface area contributed by atoms with Crippen LogP contribution in [0.25, 0.3) is 0 Å². The summed E-state index contributed by atoms with van der Waals surface area (Å²) in [5.74, 6) is 0.565. The third-order valence-corrected chi connectivity index (χ3v) is 2.85. The lowest BCUT2D eigenvalue weighted by molar-refractivity contribution is 0.538. The number of aryl methyl sites for hydroxylation is 1. The third-order valence-electron chi connectivity index (χ3n) is 2.36. The minimum atomic E-state index is -0.105. The number of rotatable bonds is 6. The van der Waals surface area contributed by atoms with Crippen molar-refractivity contribution in [2.24, 2.45) is 5.92 Å². The Bertz CT molecular complexity index is 326. The molecule has 0 saturated carbocycles. The molecule has 0 aromatic heterocycles. The van der Waals surface area contributed by atoms with Crippen molar-refractivity contribution in [1.82, 2.24) is 5.32 Å². The van der Waals surface area contributed by atoms with Crippen molar-refractivity contribution >= 4 is 15.9 Å². The number of hydrogen-bond donors (Lipinski definition) is 1. The number of hydrogen-bond acceptors (Lipinski definition) is 1. The molecule has 0 heterocycles. The summed E-state index contributed by atoms with van der Waals surface area (Å²) in [7, 11) is 0. The molecule has 0 spiro atoms. The van der Waals surface area contributed by atoms with Gasteiger partial charge in [-0.15, -0.1) is 0 Å². The molecule has 1 rings (SSSR count). The van der Waals surface area contributed by atoms with Gasteiger partial charge in [-0.25, -0.2) is 4.39 Å². The second-order valence-corrected chi connectivity index (χ2v) is 5.35. The van der Waals surface area contributed by atoms with Crippen LogP contribution in [-0.2, 0) is 6.42 Å². The molecule has 0 atom stereocenters. The monoisotopic (exact) mass is 287 g/mol. The van der Waals surface area contributed by atoms with E-state index in [2.05, 4.69) is 35.1 Å². The Morgan fingerprint density at radius 3 is 2.81 bits per heavy atom. The molecule has 90 valence electrons. The summed E-state index contributed by atoms with van der Waals surface area (Å²) in [6.07, 6.45) is 1.76. The fourth-order valence-electron chi connectivity index (χ4n) is 1.53. The summed E-state index contributed by atoms with van der Waals surface area (Å²) in [6, 6.07) is 5.11. The summed E-state index contributed by atoms with van der Waals surface area (Å²) >= 11 is 3.36. The first-order chi connectivity index (χ1) is 7.59. The third kappa shape index (κ3) is 5.08. The van der Waals surface area contributed by atoms with Crippen LogP contribution in [0, 0.1) is 11.7 Å². The Balaban J connectivity index is 2.29. The molecule has 3 heteroatoms. The maximum Gasteiger partial charge on any atom is 0.126 e. The Morgan fingerprint density at radius 2 is 2.12 bits per heavy atom. The summed E-state index contributed by atoms with van der Waals surface area (Å²) < 4.78 is 14.3. The fourth-order valence-corrected chi connectivity index (χ4v) is 1.94. The van der Waals surface area contributed by atoms with Gasteiger partial charge in [0, 0.05) is 4.47 Å². The zero-order chi connectivity index (χ0) is 12.0. The zero-order valence-electron chi connectivity index (χ0n) is 9.89. The Hall–Kier alpha value is -0.410. The zero-order valence-corrected chi connectivity index (χ0v) is 11.5. The van der Waals surface area contributed by atoms with E-state index in [0.717, 1.165) is 36.0 Å². The molecule has 0 bridgehead atoms. The summed E-state index contributed by atoms with van der Waals surface area (Å²) in [5.41, 5.74) is 0.792. The maximum atomic E-state index is 13.4. The highest BCUT2D eigenvalue weighted by Gasteiger charge is 2.02. The highest BCUT2D eigenvalue weighted by molar-refractivity contribution is 9.10. The molecule has 0 aliphatic carbocycles. The average Bonchev–Trinajstić information content (AvgIpc) is 2.22. The van der Waals surface area contributed by atoms with Crippen LogP contribution < -0.4 is 5.32 Å². The van der Waals surface area contributed by atoms with Gasteiger partial charge >= 0.3 is 0 Å². The maximum absolute atomic E-state index is 13.4. The number of benzene rings is 1. The first-order valence-corrected chi connectivity index (χ1v) is 6.53. The van der Waals surface area contributed by atoms with Crippen LogP contribution in [0.1, 0.15) is 25.8 Å². The van der Waals surface area contributed by atoms with Gasteiger partial charge in [0.15, 0.2) is 0 Å². The molecule has 1 aromatic rings. The summed E-state index contributed by atoms with van der Waals surface area (Å²) in [6.45, 7) is 6.34. The van der Waals surface area contributed by atoms with Crippen LogP contribution >= 0.6 is 15.9 Å². The summed E-state index contributed by atoms with van der Waals surface area (Å²) in [5, 5.41) is 3.35. The van der Waals surface area contributed by atoms with Gasteiger partial charge < -0.3 is 5.32 Å². The van der Waals surface area contributed by atoms with E-state index in [9.17, 15) is 4.39 Å². The van der Waals surface area contributed by atoms with Gasteiger partial charge in [-0.2, -0.15) is 0 Å². The molecule has 0 amide bonds. The van der Waals surface area contributed by atoms with Gasteiger partial charge in [0.05, 0.1) is 0 Å². The lowest BCUT2D eigenvalue weighted by atomic mass is 10.1. The topological polar surface area (TPSA) is 12.0 Å². The highest BCUT2D eigenvalue weighted by atomic mass is 79.9. The molecule has 16 heavy (non-hydrogen) atoms. The van der Waals surface area contributed by atoms with Crippen molar-refractivity contribution in [3.05, 3.63) is 34.1 Å². The van der Waals surface area contributed by atoms with Crippen LogP contribution in [0.4, 0.5) is 4.39 Å². The minimum Gasteiger partial charge on any atom is -0.316 e. The lowest BCUT2D eigenvalue weighted by Crippen LogP contribution is -2.21. The van der Waals surface area contributed by atoms with Gasteiger partial charge in [-0.05, 0) is 55.6 Å². The van der Waals surface area contributed by atoms with Crippen LogP contribution in [0.3, 0.4) is 0 Å². The Labute approximate surface area is 106 Å². The molecule has 1 nitrogen and oxygen atoms in total. The first kappa shape index (κ1) is 13.7. The second kappa shape index (κ2) is 7.02. The van der Waals surface area contributed by atoms with Crippen molar-refractivity contribution in [3.63, 3.8) is 0 Å². The Morgan fingerprint density at radius 1 is 1.38 bits per heavy atom. The normalized spacial score (nSPS) is 11.1. The first-order valence-electron chi connectivity index (χ1n) is 5.74. The molecule has 0 radical (unpaired) electrons. The molecule has 0 aliphatic heterocycles. The predicted octanol–water partition coefficient (Wildman–Crippen LogP) is 3.77. The molecule has 0 aliphatic rings. The van der Waals surface area contributed by atoms with Crippen molar-refractivity contribution in [3.8, 4) is 0 Å². The number of halogens is 2. The molecule has 0 fully saturated rings. The van der Waals surface area contributed by atoms with Crippen LogP contribution in [0.15, 0.2) is 22.7 Å². The molecule has 1 aromatic carbocycles. The number of nitrogens with one attached hydrogen (secondary N) is 1. The average molecular weight is 288 g/mol. The van der Waals surface area contributed by atoms with Gasteiger partial charge in [-0.1, -0.05) is 29.8 Å². The standard InChI is InChI=1S/C13H19BrFN/c1-10(2)9-16-7-3-4-11-8-12(14)5-6-13(11)15/h5-6,8,10,16H,3-4,7,9H2,1-2H3. The second-order valence-electron chi connectivity index (χ2n) is 4.44. The molecule has 1 N–H and O–H groups in total. The van der Waals surface area contributed by atoms with E-state index in [1.807, 2.05) is 6.07 Å². The van der Waals surface area contributed by atoms with Crippen molar-refractivity contribution in [2.75, 3.05) is 13.1 Å². The van der Waals surface area contributed by atoms with E-state index in [1.165, 1.54) is 6.07 Å². The van der Waals surface area contributed by atoms with Gasteiger partial charge in [0.1, 0.15) is 5.82 Å². The molecule has 0 unspecified atom stereocenters. The minimum absolute atomic E-state index is 0.105. The largest absolute Gasteiger partial charge is 0.316 e. The van der Waals surface area contributed by atoms with E-state index in [1.54, 1.807) is 6.07 Å². The molecule has 0 saturated heterocycles. The van der Waals surface area contributed by atoms with Gasteiger partial charge in [0.25, 0.3) is 0 Å². The molecular weight excluding hydrogens is 269 g/mol. The summed E-state index contributed by atoms with van der Waals surface area (Å²) in [4.78, 5) is 0. The van der Waals surface area contributed by atoms with E-state index in [0.29, 0.717) is 5.92 Å². The van der Waals surface area contributed by atoms with Crippen LogP contribution in [-0.4, -0.2) is 13.1 Å². The van der Waals surface area contributed by atoms with Gasteiger partial charge in [-0.3, -0.25) is 0 Å². The van der Waals surface area contributed by atoms with E-state index in [4.69, 9.17) is 0 Å². The van der Waals surface area contributed by atoms with Crippen molar-refractivity contribution in [1.29, 1.82) is 0 Å². The quantitative estimate of drug-likeness (QED) is 0.786. The van der Waals surface area contributed by atoms with Gasteiger partial charge in [0.2, 0.25) is 0 Å². The fraction of sp³-hybridized carbons (Fsp3) is 0.538. The van der Waals surface area contributed by atoms with E-state index >= 15 is 0 Å². The van der Waals surface area contributed by atoms with E-state index in [-0.39, 0.29) is 5.82 Å².